The highest BCUT2D eigenvalue weighted by molar-refractivity contribution is 7.09. The first kappa shape index (κ1) is 12.3. The zero-order chi connectivity index (χ0) is 13.0. The summed E-state index contributed by atoms with van der Waals surface area (Å²) in [4.78, 5) is 15.9. The van der Waals surface area contributed by atoms with E-state index >= 15 is 0 Å². The predicted octanol–water partition coefficient (Wildman–Crippen LogP) is 2.93. The van der Waals surface area contributed by atoms with Gasteiger partial charge in [-0.2, -0.15) is 5.26 Å². The molecular weight excluding hydrogens is 248 g/mol. The minimum atomic E-state index is -0.449. The van der Waals surface area contributed by atoms with Crippen molar-refractivity contribution in [2.75, 3.05) is 0 Å². The number of thiazole rings is 1. The number of esters is 1. The summed E-state index contributed by atoms with van der Waals surface area (Å²) in [6.45, 7) is 1.77. The molecule has 0 aliphatic carbocycles. The highest BCUT2D eigenvalue weighted by atomic mass is 32.1. The molecule has 0 spiro atoms. The van der Waals surface area contributed by atoms with Gasteiger partial charge in [0.05, 0.1) is 17.2 Å². The number of aromatic nitrogens is 1. The van der Waals surface area contributed by atoms with Gasteiger partial charge < -0.3 is 4.74 Å². The average Bonchev–Trinajstić information content (AvgIpc) is 2.92. The number of carbonyl (C=O) groups excluding carboxylic acids is 1. The Morgan fingerprint density at radius 2 is 2.39 bits per heavy atom. The van der Waals surface area contributed by atoms with Crippen molar-refractivity contribution in [3.05, 3.63) is 52.0 Å². The van der Waals surface area contributed by atoms with Crippen molar-refractivity contribution in [2.24, 2.45) is 0 Å². The molecule has 0 radical (unpaired) electrons. The predicted molar refractivity (Wildman–Crippen MR) is 67.1 cm³/mol. The van der Waals surface area contributed by atoms with E-state index in [0.29, 0.717) is 11.1 Å². The Morgan fingerprint density at radius 1 is 1.56 bits per heavy atom. The van der Waals surface area contributed by atoms with Gasteiger partial charge >= 0.3 is 5.97 Å². The van der Waals surface area contributed by atoms with E-state index in [0.717, 1.165) is 5.01 Å². The molecule has 2 aromatic rings. The number of hydrogen-bond donors (Lipinski definition) is 0. The minimum Gasteiger partial charge on any atom is -0.452 e. The van der Waals surface area contributed by atoms with Gasteiger partial charge in [0.15, 0.2) is 6.10 Å². The van der Waals surface area contributed by atoms with Gasteiger partial charge in [-0.25, -0.2) is 9.78 Å². The second kappa shape index (κ2) is 5.43. The molecule has 18 heavy (non-hydrogen) atoms. The topological polar surface area (TPSA) is 63.0 Å². The molecule has 2 rings (SSSR count). The quantitative estimate of drug-likeness (QED) is 0.794. The zero-order valence-corrected chi connectivity index (χ0v) is 10.5. The van der Waals surface area contributed by atoms with Crippen LogP contribution in [0.4, 0.5) is 0 Å². The Balaban J connectivity index is 2.10. The van der Waals surface area contributed by atoms with E-state index in [9.17, 15) is 4.79 Å². The van der Waals surface area contributed by atoms with Gasteiger partial charge in [-0.05, 0) is 25.1 Å². The Morgan fingerprint density at radius 3 is 3.06 bits per heavy atom. The van der Waals surface area contributed by atoms with Crippen LogP contribution < -0.4 is 0 Å². The molecule has 1 heterocycles. The number of nitrogens with zero attached hydrogens (tertiary/aromatic N) is 2. The van der Waals surface area contributed by atoms with Crippen LogP contribution in [0.5, 0.6) is 0 Å². The van der Waals surface area contributed by atoms with Crippen molar-refractivity contribution in [3.63, 3.8) is 0 Å². The smallest absolute Gasteiger partial charge is 0.338 e. The molecule has 0 fully saturated rings. The van der Waals surface area contributed by atoms with E-state index in [1.165, 1.54) is 17.4 Å². The highest BCUT2D eigenvalue weighted by Crippen LogP contribution is 2.20. The maximum atomic E-state index is 11.9. The Labute approximate surface area is 108 Å². The number of carbonyl (C=O) groups is 1. The molecule has 0 bridgehead atoms. The molecule has 0 saturated carbocycles. The van der Waals surface area contributed by atoms with Gasteiger partial charge in [0.25, 0.3) is 0 Å². The van der Waals surface area contributed by atoms with E-state index in [4.69, 9.17) is 10.00 Å². The van der Waals surface area contributed by atoms with Crippen molar-refractivity contribution in [1.29, 1.82) is 5.26 Å². The summed E-state index contributed by atoms with van der Waals surface area (Å²) in [5, 5.41) is 11.3. The highest BCUT2D eigenvalue weighted by Gasteiger charge is 2.15. The fourth-order valence-corrected chi connectivity index (χ4v) is 2.05. The van der Waals surface area contributed by atoms with Crippen molar-refractivity contribution >= 4 is 17.3 Å². The second-order valence-corrected chi connectivity index (χ2v) is 4.54. The van der Waals surface area contributed by atoms with Crippen molar-refractivity contribution in [3.8, 4) is 6.07 Å². The first-order valence-corrected chi connectivity index (χ1v) is 6.19. The molecule has 4 nitrogen and oxygen atoms in total. The molecule has 90 valence electrons. The van der Waals surface area contributed by atoms with E-state index in [-0.39, 0.29) is 6.10 Å². The van der Waals surface area contributed by atoms with Crippen LogP contribution in [-0.4, -0.2) is 11.0 Å². The summed E-state index contributed by atoms with van der Waals surface area (Å²) < 4.78 is 5.28. The summed E-state index contributed by atoms with van der Waals surface area (Å²) >= 11 is 1.44. The standard InChI is InChI=1S/C13H10N2O2S/c1-9(12-15-5-6-18-12)17-13(16)11-4-2-3-10(7-11)8-14/h2-7,9H,1H3/t9-/m1/s1. The number of nitriles is 1. The number of hydrogen-bond acceptors (Lipinski definition) is 5. The first-order chi connectivity index (χ1) is 8.70. The third kappa shape index (κ3) is 2.73. The van der Waals surface area contributed by atoms with Gasteiger partial charge in [-0.1, -0.05) is 6.07 Å². The van der Waals surface area contributed by atoms with Crippen LogP contribution in [-0.2, 0) is 4.74 Å². The van der Waals surface area contributed by atoms with Crippen molar-refractivity contribution < 1.29 is 9.53 Å². The van der Waals surface area contributed by atoms with Crippen LogP contribution in [0.3, 0.4) is 0 Å². The summed E-state index contributed by atoms with van der Waals surface area (Å²) in [6.07, 6.45) is 1.28. The van der Waals surface area contributed by atoms with Crippen molar-refractivity contribution in [2.45, 2.75) is 13.0 Å². The van der Waals surface area contributed by atoms with Crippen LogP contribution in [0.25, 0.3) is 0 Å². The summed E-state index contributed by atoms with van der Waals surface area (Å²) in [5.74, 6) is -0.449. The second-order valence-electron chi connectivity index (χ2n) is 3.61. The molecule has 0 saturated heterocycles. The Kier molecular flexibility index (Phi) is 3.70. The maximum absolute atomic E-state index is 11.9. The van der Waals surface area contributed by atoms with Crippen LogP contribution in [0, 0.1) is 11.3 Å². The minimum absolute atomic E-state index is 0.373. The van der Waals surface area contributed by atoms with Gasteiger partial charge in [0, 0.05) is 11.6 Å². The fourth-order valence-electron chi connectivity index (χ4n) is 1.43. The van der Waals surface area contributed by atoms with Gasteiger partial charge in [-0.3, -0.25) is 0 Å². The fraction of sp³-hybridized carbons (Fsp3) is 0.154. The lowest BCUT2D eigenvalue weighted by Gasteiger charge is -2.10. The zero-order valence-electron chi connectivity index (χ0n) is 9.66. The number of benzene rings is 1. The van der Waals surface area contributed by atoms with E-state index < -0.39 is 5.97 Å². The van der Waals surface area contributed by atoms with Crippen LogP contribution in [0.1, 0.15) is 34.0 Å². The summed E-state index contributed by atoms with van der Waals surface area (Å²) in [6, 6.07) is 8.41. The monoisotopic (exact) mass is 258 g/mol. The van der Waals surface area contributed by atoms with E-state index in [1.54, 1.807) is 31.3 Å². The van der Waals surface area contributed by atoms with E-state index in [2.05, 4.69) is 4.98 Å². The van der Waals surface area contributed by atoms with Crippen LogP contribution >= 0.6 is 11.3 Å². The molecule has 1 aromatic carbocycles. The molecule has 5 heteroatoms. The van der Waals surface area contributed by atoms with Gasteiger partial charge in [0.2, 0.25) is 0 Å². The summed E-state index contributed by atoms with van der Waals surface area (Å²) in [7, 11) is 0. The molecule has 1 aromatic heterocycles. The van der Waals surface area contributed by atoms with Crippen LogP contribution in [0.2, 0.25) is 0 Å². The molecule has 0 unspecified atom stereocenters. The molecule has 0 aliphatic heterocycles. The lowest BCUT2D eigenvalue weighted by Crippen LogP contribution is -2.09. The molecular formula is C13H10N2O2S. The Bertz CT molecular complexity index is 587. The third-order valence-corrected chi connectivity index (χ3v) is 3.25. The van der Waals surface area contributed by atoms with Gasteiger partial charge in [-0.15, -0.1) is 11.3 Å². The van der Waals surface area contributed by atoms with Crippen molar-refractivity contribution in [1.82, 2.24) is 4.98 Å². The largest absolute Gasteiger partial charge is 0.452 e. The van der Waals surface area contributed by atoms with Crippen LogP contribution in [0.15, 0.2) is 35.8 Å². The lowest BCUT2D eigenvalue weighted by atomic mass is 10.1. The molecule has 1 atom stereocenters. The molecule has 0 amide bonds. The normalized spacial score (nSPS) is 11.6. The third-order valence-electron chi connectivity index (χ3n) is 2.31. The number of rotatable bonds is 3. The first-order valence-electron chi connectivity index (χ1n) is 5.31. The molecule has 0 N–H and O–H groups in total. The Hall–Kier alpha value is -2.19. The molecule has 0 aliphatic rings. The lowest BCUT2D eigenvalue weighted by molar-refractivity contribution is 0.0337. The van der Waals surface area contributed by atoms with Gasteiger partial charge in [0.1, 0.15) is 5.01 Å². The average molecular weight is 258 g/mol. The number of ether oxygens (including phenoxy) is 1. The maximum Gasteiger partial charge on any atom is 0.338 e. The SMILES string of the molecule is C[C@@H](OC(=O)c1cccc(C#N)c1)c1nccs1. The summed E-state index contributed by atoms with van der Waals surface area (Å²) in [5.41, 5.74) is 0.809. The van der Waals surface area contributed by atoms with E-state index in [1.807, 2.05) is 11.4 Å².